The molecule has 5 nitrogen and oxygen atoms in total. The van der Waals surface area contributed by atoms with E-state index in [1.807, 2.05) is 31.2 Å². The second-order valence-electron chi connectivity index (χ2n) is 5.64. The fourth-order valence-corrected chi connectivity index (χ4v) is 2.51. The smallest absolute Gasteiger partial charge is 0.119 e. The van der Waals surface area contributed by atoms with Gasteiger partial charge in [0.1, 0.15) is 18.5 Å². The summed E-state index contributed by atoms with van der Waals surface area (Å²) in [6.07, 6.45) is -0.476. The molecule has 21 heavy (non-hydrogen) atoms. The van der Waals surface area contributed by atoms with Gasteiger partial charge in [0.2, 0.25) is 0 Å². The maximum atomic E-state index is 10.1. The second-order valence-corrected chi connectivity index (χ2v) is 5.64. The van der Waals surface area contributed by atoms with E-state index in [9.17, 15) is 5.11 Å². The summed E-state index contributed by atoms with van der Waals surface area (Å²) in [6.45, 7) is 7.72. The lowest BCUT2D eigenvalue weighted by molar-refractivity contribution is 0.0428. The lowest BCUT2D eigenvalue weighted by atomic mass is 10.2. The summed E-state index contributed by atoms with van der Waals surface area (Å²) in [7, 11) is 0. The summed E-state index contributed by atoms with van der Waals surface area (Å²) in [4.78, 5) is 4.49. The van der Waals surface area contributed by atoms with Crippen molar-refractivity contribution < 1.29 is 14.9 Å². The minimum Gasteiger partial charge on any atom is -0.491 e. The van der Waals surface area contributed by atoms with Crippen LogP contribution in [0, 0.1) is 6.92 Å². The van der Waals surface area contributed by atoms with Crippen molar-refractivity contribution in [2.75, 3.05) is 52.5 Å². The molecule has 1 saturated heterocycles. The molecule has 1 atom stereocenters. The van der Waals surface area contributed by atoms with Gasteiger partial charge in [-0.15, -0.1) is 0 Å². The van der Waals surface area contributed by atoms with Crippen LogP contribution in [0.4, 0.5) is 0 Å². The Morgan fingerprint density at radius 2 is 1.71 bits per heavy atom. The topological polar surface area (TPSA) is 56.2 Å². The number of aliphatic hydroxyl groups is 2. The van der Waals surface area contributed by atoms with Crippen LogP contribution < -0.4 is 4.74 Å². The molecule has 0 spiro atoms. The lowest BCUT2D eigenvalue weighted by Gasteiger charge is -2.35. The van der Waals surface area contributed by atoms with Crippen LogP contribution in [0.2, 0.25) is 0 Å². The normalized spacial score (nSPS) is 18.6. The van der Waals surface area contributed by atoms with Gasteiger partial charge in [-0.2, -0.15) is 0 Å². The molecule has 0 unspecified atom stereocenters. The van der Waals surface area contributed by atoms with Gasteiger partial charge in [0.05, 0.1) is 6.61 Å². The first-order valence-electron chi connectivity index (χ1n) is 7.60. The first-order valence-corrected chi connectivity index (χ1v) is 7.60. The Kier molecular flexibility index (Phi) is 6.45. The molecule has 5 heteroatoms. The summed E-state index contributed by atoms with van der Waals surface area (Å²) in [5.41, 5.74) is 1.20. The molecule has 1 fully saturated rings. The third kappa shape index (κ3) is 5.63. The number of rotatable bonds is 7. The van der Waals surface area contributed by atoms with E-state index in [4.69, 9.17) is 9.84 Å². The van der Waals surface area contributed by atoms with Crippen LogP contribution in [-0.2, 0) is 0 Å². The fraction of sp³-hybridized carbons (Fsp3) is 0.625. The van der Waals surface area contributed by atoms with Crippen molar-refractivity contribution in [2.45, 2.75) is 13.0 Å². The number of benzene rings is 1. The van der Waals surface area contributed by atoms with Crippen LogP contribution in [-0.4, -0.2) is 78.6 Å². The largest absolute Gasteiger partial charge is 0.491 e. The highest BCUT2D eigenvalue weighted by Crippen LogP contribution is 2.12. The molecular formula is C16H26N2O3. The molecule has 118 valence electrons. The average molecular weight is 294 g/mol. The van der Waals surface area contributed by atoms with Crippen LogP contribution in [0.25, 0.3) is 0 Å². The first kappa shape index (κ1) is 16.2. The summed E-state index contributed by atoms with van der Waals surface area (Å²) in [6, 6.07) is 7.86. The summed E-state index contributed by atoms with van der Waals surface area (Å²) in [5.74, 6) is 0.799. The van der Waals surface area contributed by atoms with Crippen molar-refractivity contribution in [1.82, 2.24) is 9.80 Å². The number of aliphatic hydroxyl groups excluding tert-OH is 2. The number of nitrogens with zero attached hydrogens (tertiary/aromatic N) is 2. The quantitative estimate of drug-likeness (QED) is 0.760. The SMILES string of the molecule is Cc1ccc(OC[C@H](O)CN2CCN(CCO)CC2)cc1. The van der Waals surface area contributed by atoms with E-state index in [0.717, 1.165) is 38.5 Å². The number of piperazine rings is 1. The van der Waals surface area contributed by atoms with Crippen molar-refractivity contribution >= 4 is 0 Å². The third-order valence-corrected chi connectivity index (χ3v) is 3.81. The van der Waals surface area contributed by atoms with Crippen LogP contribution in [0.1, 0.15) is 5.56 Å². The van der Waals surface area contributed by atoms with Gasteiger partial charge < -0.3 is 14.9 Å². The molecule has 0 aliphatic carbocycles. The monoisotopic (exact) mass is 294 g/mol. The molecule has 0 aromatic heterocycles. The first-order chi connectivity index (χ1) is 10.2. The fourth-order valence-electron chi connectivity index (χ4n) is 2.51. The van der Waals surface area contributed by atoms with Crippen LogP contribution in [0.15, 0.2) is 24.3 Å². The maximum absolute atomic E-state index is 10.1. The highest BCUT2D eigenvalue weighted by atomic mass is 16.5. The minimum atomic E-state index is -0.476. The summed E-state index contributed by atoms with van der Waals surface area (Å²) < 4.78 is 5.60. The van der Waals surface area contributed by atoms with Gasteiger partial charge in [0.15, 0.2) is 0 Å². The van der Waals surface area contributed by atoms with Crippen molar-refractivity contribution in [1.29, 1.82) is 0 Å². The Hall–Kier alpha value is -1.14. The highest BCUT2D eigenvalue weighted by molar-refractivity contribution is 5.26. The molecule has 0 saturated carbocycles. The number of ether oxygens (including phenoxy) is 1. The van der Waals surface area contributed by atoms with Crippen molar-refractivity contribution in [2.24, 2.45) is 0 Å². The average Bonchev–Trinajstić information content (AvgIpc) is 2.49. The molecule has 1 aromatic rings. The molecule has 1 aromatic carbocycles. The number of hydrogen-bond acceptors (Lipinski definition) is 5. The van der Waals surface area contributed by atoms with E-state index in [0.29, 0.717) is 13.2 Å². The Balaban J connectivity index is 1.65. The van der Waals surface area contributed by atoms with Gasteiger partial charge in [-0.3, -0.25) is 9.80 Å². The van der Waals surface area contributed by atoms with E-state index in [1.165, 1.54) is 5.56 Å². The van der Waals surface area contributed by atoms with E-state index in [2.05, 4.69) is 9.80 Å². The van der Waals surface area contributed by atoms with Crippen molar-refractivity contribution in [3.63, 3.8) is 0 Å². The number of aryl methyl sites for hydroxylation is 1. The van der Waals surface area contributed by atoms with E-state index >= 15 is 0 Å². The summed E-state index contributed by atoms with van der Waals surface area (Å²) >= 11 is 0. The molecule has 2 rings (SSSR count). The molecule has 2 N–H and O–H groups in total. The van der Waals surface area contributed by atoms with Gasteiger partial charge in [-0.25, -0.2) is 0 Å². The van der Waals surface area contributed by atoms with E-state index in [-0.39, 0.29) is 6.61 Å². The standard InChI is InChI=1S/C16H26N2O3/c1-14-2-4-16(5-3-14)21-13-15(20)12-18-8-6-17(7-9-18)10-11-19/h2-5,15,19-20H,6-13H2,1H3/t15-/m1/s1. The lowest BCUT2D eigenvalue weighted by Crippen LogP contribution is -2.49. The third-order valence-electron chi connectivity index (χ3n) is 3.81. The maximum Gasteiger partial charge on any atom is 0.119 e. The molecular weight excluding hydrogens is 268 g/mol. The number of β-amino-alcohol motifs (C(OH)–C–C–N with tert-alkyl or cyclic N) is 2. The van der Waals surface area contributed by atoms with Crippen LogP contribution >= 0.6 is 0 Å². The Bertz CT molecular complexity index is 402. The van der Waals surface area contributed by atoms with Gasteiger partial charge in [0, 0.05) is 39.3 Å². The molecule has 0 bridgehead atoms. The Morgan fingerprint density at radius 1 is 1.10 bits per heavy atom. The van der Waals surface area contributed by atoms with Crippen molar-refractivity contribution in [3.8, 4) is 5.75 Å². The number of hydrogen-bond donors (Lipinski definition) is 2. The van der Waals surface area contributed by atoms with Gasteiger partial charge >= 0.3 is 0 Å². The van der Waals surface area contributed by atoms with Crippen LogP contribution in [0.3, 0.4) is 0 Å². The van der Waals surface area contributed by atoms with Gasteiger partial charge in [-0.1, -0.05) is 17.7 Å². The molecule has 1 aliphatic rings. The zero-order valence-corrected chi connectivity index (χ0v) is 12.7. The van der Waals surface area contributed by atoms with Gasteiger partial charge in [0.25, 0.3) is 0 Å². The van der Waals surface area contributed by atoms with Gasteiger partial charge in [-0.05, 0) is 19.1 Å². The van der Waals surface area contributed by atoms with Crippen molar-refractivity contribution in [3.05, 3.63) is 29.8 Å². The zero-order valence-electron chi connectivity index (χ0n) is 12.7. The highest BCUT2D eigenvalue weighted by Gasteiger charge is 2.18. The molecule has 1 heterocycles. The molecule has 0 amide bonds. The predicted octanol–water partition coefficient (Wildman–Crippen LogP) is 0.345. The van der Waals surface area contributed by atoms with E-state index < -0.39 is 6.10 Å². The minimum absolute atomic E-state index is 0.215. The Labute approximate surface area is 126 Å². The van der Waals surface area contributed by atoms with E-state index in [1.54, 1.807) is 0 Å². The summed E-state index contributed by atoms with van der Waals surface area (Å²) in [5, 5.41) is 19.0. The molecule has 1 aliphatic heterocycles. The Morgan fingerprint density at radius 3 is 2.33 bits per heavy atom. The zero-order chi connectivity index (χ0) is 15.1. The second kappa shape index (κ2) is 8.34. The van der Waals surface area contributed by atoms with Crippen LogP contribution in [0.5, 0.6) is 5.75 Å². The molecule has 0 radical (unpaired) electrons. The predicted molar refractivity (Wildman–Crippen MR) is 82.6 cm³/mol.